The Bertz CT molecular complexity index is 902. The highest BCUT2D eigenvalue weighted by Crippen LogP contribution is 2.25. The number of aromatic nitrogens is 1. The first-order valence-electron chi connectivity index (χ1n) is 12.4. The van der Waals surface area contributed by atoms with E-state index in [4.69, 9.17) is 0 Å². The third-order valence-electron chi connectivity index (χ3n) is 6.91. The number of carbonyl (C=O) groups excluding carboxylic acids is 2. The predicted octanol–water partition coefficient (Wildman–Crippen LogP) is 6.00. The van der Waals surface area contributed by atoms with Gasteiger partial charge in [0.05, 0.1) is 6.54 Å². The zero-order valence-electron chi connectivity index (χ0n) is 20.3. The second-order valence-electron chi connectivity index (χ2n) is 9.20. The first kappa shape index (κ1) is 25.5. The van der Waals surface area contributed by atoms with Crippen LogP contribution < -0.4 is 0 Å². The Morgan fingerprint density at radius 3 is 2.39 bits per heavy atom. The molecule has 0 radical (unpaired) electrons. The largest absolute Gasteiger partial charge is 0.345 e. The Balaban J connectivity index is 1.80. The predicted molar refractivity (Wildman–Crippen MR) is 137 cm³/mol. The molecule has 1 saturated carbocycles. The summed E-state index contributed by atoms with van der Waals surface area (Å²) in [4.78, 5) is 30.1. The van der Waals surface area contributed by atoms with Crippen LogP contribution in [0.5, 0.6) is 0 Å². The molecule has 0 N–H and O–H groups in total. The van der Waals surface area contributed by atoms with Crippen LogP contribution in [0.25, 0.3) is 0 Å². The molecule has 1 fully saturated rings. The number of benzene rings is 1. The lowest BCUT2D eigenvalue weighted by Gasteiger charge is -2.37. The molecule has 1 aromatic carbocycles. The van der Waals surface area contributed by atoms with Gasteiger partial charge in [0.2, 0.25) is 11.8 Å². The molecule has 1 atom stereocenters. The number of carbonyl (C=O) groups is 2. The smallest absolute Gasteiger partial charge is 0.242 e. The van der Waals surface area contributed by atoms with E-state index in [0.29, 0.717) is 13.0 Å². The highest BCUT2D eigenvalue weighted by molar-refractivity contribution is 9.10. The van der Waals surface area contributed by atoms with Crippen LogP contribution >= 0.6 is 15.9 Å². The number of nitrogens with zero attached hydrogens (tertiary/aromatic N) is 3. The van der Waals surface area contributed by atoms with Gasteiger partial charge < -0.3 is 14.4 Å². The van der Waals surface area contributed by atoms with Crippen LogP contribution in [0.2, 0.25) is 0 Å². The van der Waals surface area contributed by atoms with Crippen LogP contribution in [-0.4, -0.2) is 44.8 Å². The summed E-state index contributed by atoms with van der Waals surface area (Å²) in [5.74, 6) is 0.125. The SMILES string of the molecule is CCC(=O)N(CC(=O)N(Cc1cccn1Cc1ccc(Br)cc1)C1CCCCC1)C(C)CC. The third kappa shape index (κ3) is 6.95. The molecule has 3 rings (SSSR count). The Morgan fingerprint density at radius 1 is 1.06 bits per heavy atom. The molecule has 1 unspecified atom stereocenters. The molecule has 1 aromatic heterocycles. The van der Waals surface area contributed by atoms with Gasteiger partial charge in [-0.3, -0.25) is 9.59 Å². The van der Waals surface area contributed by atoms with Crippen LogP contribution in [0.4, 0.5) is 0 Å². The molecule has 6 heteroatoms. The Labute approximate surface area is 207 Å². The zero-order chi connectivity index (χ0) is 23.8. The Hall–Kier alpha value is -2.08. The second kappa shape index (κ2) is 12.4. The fourth-order valence-corrected chi connectivity index (χ4v) is 4.94. The van der Waals surface area contributed by atoms with Crippen LogP contribution in [0.1, 0.15) is 77.0 Å². The van der Waals surface area contributed by atoms with Gasteiger partial charge in [-0.1, -0.05) is 61.2 Å². The molecule has 5 nitrogen and oxygen atoms in total. The summed E-state index contributed by atoms with van der Waals surface area (Å²) in [5.41, 5.74) is 2.36. The van der Waals surface area contributed by atoms with E-state index in [9.17, 15) is 9.59 Å². The highest BCUT2D eigenvalue weighted by atomic mass is 79.9. The van der Waals surface area contributed by atoms with Crippen molar-refractivity contribution < 1.29 is 9.59 Å². The molecular weight excluding hydrogens is 478 g/mol. The van der Waals surface area contributed by atoms with Gasteiger partial charge in [-0.15, -0.1) is 0 Å². The number of hydrogen-bond donors (Lipinski definition) is 0. The lowest BCUT2D eigenvalue weighted by atomic mass is 9.94. The zero-order valence-corrected chi connectivity index (χ0v) is 21.9. The number of amides is 2. The van der Waals surface area contributed by atoms with Gasteiger partial charge in [0.25, 0.3) is 0 Å². The van der Waals surface area contributed by atoms with Gasteiger partial charge in [0.15, 0.2) is 0 Å². The summed E-state index contributed by atoms with van der Waals surface area (Å²) in [5, 5.41) is 0. The van der Waals surface area contributed by atoms with Crippen LogP contribution in [0, 0.1) is 0 Å². The fraction of sp³-hybridized carbons (Fsp3) is 0.556. The summed E-state index contributed by atoms with van der Waals surface area (Å²) in [6.07, 6.45) is 9.03. The van der Waals surface area contributed by atoms with Gasteiger partial charge in [0.1, 0.15) is 6.54 Å². The third-order valence-corrected chi connectivity index (χ3v) is 7.44. The van der Waals surface area contributed by atoms with Gasteiger partial charge in [-0.05, 0) is 56.0 Å². The maximum atomic E-state index is 13.6. The molecule has 0 saturated heterocycles. The summed E-state index contributed by atoms with van der Waals surface area (Å²) in [7, 11) is 0. The molecule has 1 aliphatic carbocycles. The van der Waals surface area contributed by atoms with E-state index in [1.165, 1.54) is 12.0 Å². The molecule has 1 aliphatic rings. The van der Waals surface area contributed by atoms with E-state index in [2.05, 4.69) is 74.9 Å². The van der Waals surface area contributed by atoms with Crippen LogP contribution in [0.3, 0.4) is 0 Å². The fourth-order valence-electron chi connectivity index (χ4n) is 4.67. The van der Waals surface area contributed by atoms with Crippen molar-refractivity contribution in [2.24, 2.45) is 0 Å². The van der Waals surface area contributed by atoms with Crippen molar-refractivity contribution in [1.82, 2.24) is 14.4 Å². The quantitative estimate of drug-likeness (QED) is 0.389. The minimum Gasteiger partial charge on any atom is -0.345 e. The molecule has 0 aliphatic heterocycles. The average Bonchev–Trinajstić information content (AvgIpc) is 3.28. The van der Waals surface area contributed by atoms with Crippen molar-refractivity contribution in [2.75, 3.05) is 6.54 Å². The van der Waals surface area contributed by atoms with E-state index in [0.717, 1.165) is 48.8 Å². The maximum Gasteiger partial charge on any atom is 0.242 e. The van der Waals surface area contributed by atoms with Crippen molar-refractivity contribution in [1.29, 1.82) is 0 Å². The number of rotatable bonds is 10. The lowest BCUT2D eigenvalue weighted by molar-refractivity contribution is -0.144. The molecular formula is C27H38BrN3O2. The van der Waals surface area contributed by atoms with E-state index in [1.54, 1.807) is 4.90 Å². The van der Waals surface area contributed by atoms with Gasteiger partial charge in [0, 0.05) is 41.4 Å². The maximum absolute atomic E-state index is 13.6. The summed E-state index contributed by atoms with van der Waals surface area (Å²) in [6, 6.07) is 12.9. The lowest BCUT2D eigenvalue weighted by Crippen LogP contribution is -2.49. The van der Waals surface area contributed by atoms with Gasteiger partial charge in [-0.2, -0.15) is 0 Å². The topological polar surface area (TPSA) is 45.6 Å². The molecule has 0 bridgehead atoms. The summed E-state index contributed by atoms with van der Waals surface area (Å²) >= 11 is 3.50. The van der Waals surface area contributed by atoms with E-state index < -0.39 is 0 Å². The Morgan fingerprint density at radius 2 is 1.76 bits per heavy atom. The van der Waals surface area contributed by atoms with Crippen molar-refractivity contribution >= 4 is 27.7 Å². The molecule has 180 valence electrons. The van der Waals surface area contributed by atoms with E-state index in [1.807, 2.05) is 13.8 Å². The normalized spacial score (nSPS) is 15.3. The summed E-state index contributed by atoms with van der Waals surface area (Å²) in [6.45, 7) is 7.51. The molecule has 1 heterocycles. The monoisotopic (exact) mass is 515 g/mol. The number of hydrogen-bond acceptors (Lipinski definition) is 2. The molecule has 0 spiro atoms. The highest BCUT2D eigenvalue weighted by Gasteiger charge is 2.29. The van der Waals surface area contributed by atoms with Crippen molar-refractivity contribution in [3.05, 3.63) is 58.3 Å². The standard InChI is InChI=1S/C27H38BrN3O2/c1-4-21(3)30(26(32)5-2)20-27(33)31(24-10-7-6-8-11-24)19-25-12-9-17-29(25)18-22-13-15-23(28)16-14-22/h9,12-17,21,24H,4-8,10-11,18-20H2,1-3H3. The Kier molecular flexibility index (Phi) is 9.60. The molecule has 33 heavy (non-hydrogen) atoms. The average molecular weight is 517 g/mol. The minimum absolute atomic E-state index is 0.0555. The molecule has 2 amide bonds. The first-order chi connectivity index (χ1) is 15.9. The van der Waals surface area contributed by atoms with E-state index in [-0.39, 0.29) is 30.4 Å². The number of halogens is 1. The molecule has 2 aromatic rings. The van der Waals surface area contributed by atoms with Crippen LogP contribution in [0.15, 0.2) is 47.1 Å². The first-order valence-corrected chi connectivity index (χ1v) is 13.2. The van der Waals surface area contributed by atoms with Crippen molar-refractivity contribution in [2.45, 2.75) is 90.9 Å². The second-order valence-corrected chi connectivity index (χ2v) is 10.1. The van der Waals surface area contributed by atoms with E-state index >= 15 is 0 Å². The van der Waals surface area contributed by atoms with Gasteiger partial charge >= 0.3 is 0 Å². The van der Waals surface area contributed by atoms with Crippen molar-refractivity contribution in [3.63, 3.8) is 0 Å². The van der Waals surface area contributed by atoms with Gasteiger partial charge in [-0.25, -0.2) is 0 Å². The minimum atomic E-state index is 0.0555. The van der Waals surface area contributed by atoms with Crippen molar-refractivity contribution in [3.8, 4) is 0 Å². The van der Waals surface area contributed by atoms with Crippen LogP contribution in [-0.2, 0) is 22.7 Å². The summed E-state index contributed by atoms with van der Waals surface area (Å²) < 4.78 is 3.30.